The van der Waals surface area contributed by atoms with Crippen LogP contribution in [-0.4, -0.2) is 61.9 Å². The van der Waals surface area contributed by atoms with E-state index in [-0.39, 0.29) is 5.91 Å². The highest BCUT2D eigenvalue weighted by molar-refractivity contribution is 5.81. The summed E-state index contributed by atoms with van der Waals surface area (Å²) in [7, 11) is 0. The molecule has 2 aliphatic rings. The maximum Gasteiger partial charge on any atom is 0.254 e. The van der Waals surface area contributed by atoms with Gasteiger partial charge in [0.25, 0.3) is 5.91 Å². The standard InChI is InChI=1S/C11H20N2O3/c1-8-5-13(6-9(2)12-8)11(14)10-7-15-3-4-16-10/h8-10,12H,3-7H2,1-2H3. The zero-order chi connectivity index (χ0) is 11.5. The first-order chi connectivity index (χ1) is 7.66. The van der Waals surface area contributed by atoms with Gasteiger partial charge in [0, 0.05) is 25.2 Å². The molecule has 5 heteroatoms. The second kappa shape index (κ2) is 5.12. The predicted octanol–water partition coefficient (Wildman–Crippen LogP) is -0.389. The topological polar surface area (TPSA) is 50.8 Å². The van der Waals surface area contributed by atoms with E-state index in [2.05, 4.69) is 19.2 Å². The molecule has 0 saturated carbocycles. The lowest BCUT2D eigenvalue weighted by Crippen LogP contribution is -2.58. The van der Waals surface area contributed by atoms with Crippen LogP contribution in [0.2, 0.25) is 0 Å². The number of nitrogens with one attached hydrogen (secondary N) is 1. The monoisotopic (exact) mass is 228 g/mol. The van der Waals surface area contributed by atoms with E-state index in [4.69, 9.17) is 9.47 Å². The molecule has 1 N–H and O–H groups in total. The van der Waals surface area contributed by atoms with Crippen LogP contribution in [0.3, 0.4) is 0 Å². The first kappa shape index (κ1) is 11.8. The molecule has 3 atom stereocenters. The predicted molar refractivity (Wildman–Crippen MR) is 59.2 cm³/mol. The van der Waals surface area contributed by atoms with E-state index in [1.807, 2.05) is 4.90 Å². The summed E-state index contributed by atoms with van der Waals surface area (Å²) in [5.41, 5.74) is 0. The molecule has 1 amide bonds. The number of piperazine rings is 1. The Balaban J connectivity index is 1.92. The Bertz CT molecular complexity index is 244. The van der Waals surface area contributed by atoms with Gasteiger partial charge in [-0.15, -0.1) is 0 Å². The van der Waals surface area contributed by atoms with Gasteiger partial charge in [-0.1, -0.05) is 0 Å². The highest BCUT2D eigenvalue weighted by atomic mass is 16.6. The summed E-state index contributed by atoms with van der Waals surface area (Å²) in [4.78, 5) is 14.0. The van der Waals surface area contributed by atoms with Crippen LogP contribution in [0.4, 0.5) is 0 Å². The van der Waals surface area contributed by atoms with Crippen molar-refractivity contribution in [1.29, 1.82) is 0 Å². The number of hydrogen-bond donors (Lipinski definition) is 1. The molecule has 0 bridgehead atoms. The lowest BCUT2D eigenvalue weighted by Gasteiger charge is -2.38. The van der Waals surface area contributed by atoms with E-state index in [9.17, 15) is 4.79 Å². The van der Waals surface area contributed by atoms with Gasteiger partial charge in [0.05, 0.1) is 19.8 Å². The largest absolute Gasteiger partial charge is 0.376 e. The molecule has 5 nitrogen and oxygen atoms in total. The zero-order valence-corrected chi connectivity index (χ0v) is 9.94. The van der Waals surface area contributed by atoms with Gasteiger partial charge in [0.15, 0.2) is 6.10 Å². The van der Waals surface area contributed by atoms with Crippen LogP contribution < -0.4 is 5.32 Å². The molecule has 0 aromatic rings. The maximum atomic E-state index is 12.1. The number of rotatable bonds is 1. The molecule has 92 valence electrons. The first-order valence-electron chi connectivity index (χ1n) is 5.91. The molecule has 2 aliphatic heterocycles. The summed E-state index contributed by atoms with van der Waals surface area (Å²) in [6.45, 7) is 7.20. The summed E-state index contributed by atoms with van der Waals surface area (Å²) in [6.07, 6.45) is -0.397. The molecule has 16 heavy (non-hydrogen) atoms. The SMILES string of the molecule is CC1CN(C(=O)C2COCCO2)CC(C)N1. The van der Waals surface area contributed by atoms with Crippen molar-refractivity contribution in [3.05, 3.63) is 0 Å². The number of carbonyl (C=O) groups excluding carboxylic acids is 1. The van der Waals surface area contributed by atoms with Gasteiger partial charge >= 0.3 is 0 Å². The van der Waals surface area contributed by atoms with Crippen molar-refractivity contribution < 1.29 is 14.3 Å². The maximum absolute atomic E-state index is 12.1. The van der Waals surface area contributed by atoms with Gasteiger partial charge < -0.3 is 19.7 Å². The van der Waals surface area contributed by atoms with Crippen LogP contribution in [0, 0.1) is 0 Å². The van der Waals surface area contributed by atoms with Gasteiger partial charge in [-0.05, 0) is 13.8 Å². The van der Waals surface area contributed by atoms with Crippen LogP contribution >= 0.6 is 0 Å². The second-order valence-corrected chi connectivity index (χ2v) is 4.65. The summed E-state index contributed by atoms with van der Waals surface area (Å²) in [5, 5.41) is 3.40. The average molecular weight is 228 g/mol. The number of ether oxygens (including phenoxy) is 2. The number of hydrogen-bond acceptors (Lipinski definition) is 4. The van der Waals surface area contributed by atoms with Gasteiger partial charge in [-0.3, -0.25) is 4.79 Å². The number of amides is 1. The van der Waals surface area contributed by atoms with E-state index in [1.54, 1.807) is 0 Å². The van der Waals surface area contributed by atoms with Gasteiger partial charge in [-0.2, -0.15) is 0 Å². The molecule has 0 radical (unpaired) electrons. The minimum absolute atomic E-state index is 0.0694. The van der Waals surface area contributed by atoms with Crippen molar-refractivity contribution >= 4 is 5.91 Å². The van der Waals surface area contributed by atoms with Crippen molar-refractivity contribution in [3.8, 4) is 0 Å². The average Bonchev–Trinajstić information content (AvgIpc) is 2.28. The quantitative estimate of drug-likeness (QED) is 0.664. The lowest BCUT2D eigenvalue weighted by molar-refractivity contribution is -0.159. The smallest absolute Gasteiger partial charge is 0.254 e. The summed E-state index contributed by atoms with van der Waals surface area (Å²) in [5.74, 6) is 0.0694. The van der Waals surface area contributed by atoms with Gasteiger partial charge in [-0.25, -0.2) is 0 Å². The van der Waals surface area contributed by atoms with Gasteiger partial charge in [0.1, 0.15) is 0 Å². The molecular formula is C11H20N2O3. The van der Waals surface area contributed by atoms with Crippen molar-refractivity contribution in [2.24, 2.45) is 0 Å². The van der Waals surface area contributed by atoms with Crippen LogP contribution in [0.25, 0.3) is 0 Å². The highest BCUT2D eigenvalue weighted by Gasteiger charge is 2.31. The molecule has 2 heterocycles. The summed E-state index contributed by atoms with van der Waals surface area (Å²) >= 11 is 0. The molecule has 0 aromatic heterocycles. The van der Waals surface area contributed by atoms with Crippen LogP contribution in [0.1, 0.15) is 13.8 Å². The normalized spacial score (nSPS) is 36.1. The fourth-order valence-corrected chi connectivity index (χ4v) is 2.34. The Labute approximate surface area is 96.1 Å². The molecule has 2 rings (SSSR count). The molecule has 2 saturated heterocycles. The Hall–Kier alpha value is -0.650. The van der Waals surface area contributed by atoms with E-state index in [1.165, 1.54) is 0 Å². The van der Waals surface area contributed by atoms with Crippen LogP contribution in [0.15, 0.2) is 0 Å². The third-order valence-corrected chi connectivity index (χ3v) is 2.96. The van der Waals surface area contributed by atoms with Crippen molar-refractivity contribution in [1.82, 2.24) is 10.2 Å². The van der Waals surface area contributed by atoms with Crippen molar-refractivity contribution in [2.75, 3.05) is 32.9 Å². The third-order valence-electron chi connectivity index (χ3n) is 2.96. The van der Waals surface area contributed by atoms with Crippen LogP contribution in [-0.2, 0) is 14.3 Å². The molecule has 0 aliphatic carbocycles. The van der Waals surface area contributed by atoms with Crippen LogP contribution in [0.5, 0.6) is 0 Å². The highest BCUT2D eigenvalue weighted by Crippen LogP contribution is 2.10. The fourth-order valence-electron chi connectivity index (χ4n) is 2.34. The Morgan fingerprint density at radius 3 is 2.50 bits per heavy atom. The first-order valence-corrected chi connectivity index (χ1v) is 5.91. The zero-order valence-electron chi connectivity index (χ0n) is 9.94. The van der Waals surface area contributed by atoms with Crippen molar-refractivity contribution in [2.45, 2.75) is 32.0 Å². The molecular weight excluding hydrogens is 208 g/mol. The number of carbonyl (C=O) groups is 1. The number of nitrogens with zero attached hydrogens (tertiary/aromatic N) is 1. The fraction of sp³-hybridized carbons (Fsp3) is 0.909. The molecule has 0 aromatic carbocycles. The van der Waals surface area contributed by atoms with E-state index >= 15 is 0 Å². The second-order valence-electron chi connectivity index (χ2n) is 4.65. The lowest BCUT2D eigenvalue weighted by atomic mass is 10.1. The molecule has 2 fully saturated rings. The Morgan fingerprint density at radius 1 is 1.25 bits per heavy atom. The minimum Gasteiger partial charge on any atom is -0.376 e. The molecule has 3 unspecified atom stereocenters. The van der Waals surface area contributed by atoms with Gasteiger partial charge in [0.2, 0.25) is 0 Å². The van der Waals surface area contributed by atoms with E-state index in [0.717, 1.165) is 13.1 Å². The van der Waals surface area contributed by atoms with E-state index in [0.29, 0.717) is 31.9 Å². The summed E-state index contributed by atoms with van der Waals surface area (Å²) < 4.78 is 10.7. The Kier molecular flexibility index (Phi) is 3.78. The Morgan fingerprint density at radius 2 is 1.94 bits per heavy atom. The van der Waals surface area contributed by atoms with Crippen molar-refractivity contribution in [3.63, 3.8) is 0 Å². The summed E-state index contributed by atoms with van der Waals surface area (Å²) in [6, 6.07) is 0.689. The molecule has 0 spiro atoms. The van der Waals surface area contributed by atoms with E-state index < -0.39 is 6.10 Å². The third kappa shape index (κ3) is 2.72. The minimum atomic E-state index is -0.397.